The van der Waals surface area contributed by atoms with E-state index in [-0.39, 0.29) is 12.0 Å². The molecule has 1 N–H and O–H groups in total. The number of rotatable bonds is 4. The second kappa shape index (κ2) is 7.58. The largest absolute Gasteiger partial charge is 0.460 e. The lowest BCUT2D eigenvalue weighted by molar-refractivity contribution is 0.0575. The standard InChI is InChI=1S/C21H21N7O2/c1-27-13-15(12-24-27)14-10-22-21(23-11-14)30-16-6-8-28(9-7-16)20(29)19-17-4-2-3-5-18(17)25-26-19/h2-5,10-13,16H,6-9H2,1H3,(H,25,26). The second-order valence-corrected chi connectivity index (χ2v) is 7.38. The monoisotopic (exact) mass is 403 g/mol. The van der Waals surface area contributed by atoms with Crippen LogP contribution in [-0.2, 0) is 7.05 Å². The molecule has 0 radical (unpaired) electrons. The normalized spacial score (nSPS) is 14.9. The van der Waals surface area contributed by atoms with Gasteiger partial charge in [0.05, 0.1) is 11.7 Å². The number of carbonyl (C=O) groups excluding carboxylic acids is 1. The molecule has 9 heteroatoms. The van der Waals surface area contributed by atoms with Gasteiger partial charge in [0.15, 0.2) is 5.69 Å². The highest BCUT2D eigenvalue weighted by atomic mass is 16.5. The SMILES string of the molecule is Cn1cc(-c2cnc(OC3CCN(C(=O)c4n[nH]c5ccccc45)CC3)nc2)cn1. The average molecular weight is 403 g/mol. The molecule has 9 nitrogen and oxygen atoms in total. The molecule has 0 atom stereocenters. The number of carbonyl (C=O) groups is 1. The molecular weight excluding hydrogens is 382 g/mol. The first-order valence-electron chi connectivity index (χ1n) is 9.87. The van der Waals surface area contributed by atoms with Crippen molar-refractivity contribution in [2.24, 2.45) is 7.05 Å². The molecule has 5 rings (SSSR count). The van der Waals surface area contributed by atoms with Gasteiger partial charge in [-0.3, -0.25) is 14.6 Å². The van der Waals surface area contributed by atoms with Gasteiger partial charge in [-0.15, -0.1) is 0 Å². The van der Waals surface area contributed by atoms with Gasteiger partial charge < -0.3 is 9.64 Å². The summed E-state index contributed by atoms with van der Waals surface area (Å²) in [5.74, 6) is -0.0528. The molecule has 4 aromatic rings. The third kappa shape index (κ3) is 3.49. The summed E-state index contributed by atoms with van der Waals surface area (Å²) in [6.45, 7) is 1.22. The number of benzene rings is 1. The molecule has 3 aromatic heterocycles. The second-order valence-electron chi connectivity index (χ2n) is 7.38. The number of aromatic amines is 1. The van der Waals surface area contributed by atoms with Gasteiger partial charge in [0.2, 0.25) is 0 Å². The van der Waals surface area contributed by atoms with Crippen LogP contribution in [0.25, 0.3) is 22.0 Å². The molecule has 1 fully saturated rings. The predicted molar refractivity (Wildman–Crippen MR) is 110 cm³/mol. The Bertz CT molecular complexity index is 1170. The number of aryl methyl sites for hydroxylation is 1. The fourth-order valence-corrected chi connectivity index (χ4v) is 3.70. The first-order valence-corrected chi connectivity index (χ1v) is 9.87. The molecule has 0 unspecified atom stereocenters. The first kappa shape index (κ1) is 18.3. The number of H-pyrrole nitrogens is 1. The minimum absolute atomic E-state index is 0.0192. The Kier molecular flexibility index (Phi) is 4.62. The third-order valence-corrected chi connectivity index (χ3v) is 5.34. The highest BCUT2D eigenvalue weighted by Gasteiger charge is 2.27. The fraction of sp³-hybridized carbons (Fsp3) is 0.286. The number of nitrogens with zero attached hydrogens (tertiary/aromatic N) is 6. The van der Waals surface area contributed by atoms with Crippen molar-refractivity contribution in [1.82, 2.24) is 34.8 Å². The van der Waals surface area contributed by atoms with Crippen LogP contribution in [0.4, 0.5) is 0 Å². The minimum Gasteiger partial charge on any atom is -0.460 e. The number of hydrogen-bond donors (Lipinski definition) is 1. The van der Waals surface area contributed by atoms with Crippen molar-refractivity contribution in [1.29, 1.82) is 0 Å². The summed E-state index contributed by atoms with van der Waals surface area (Å²) < 4.78 is 7.67. The number of likely N-dealkylation sites (tertiary alicyclic amines) is 1. The number of amides is 1. The molecule has 1 aromatic carbocycles. The quantitative estimate of drug-likeness (QED) is 0.562. The van der Waals surface area contributed by atoms with E-state index >= 15 is 0 Å². The van der Waals surface area contributed by atoms with Crippen LogP contribution in [0.5, 0.6) is 6.01 Å². The third-order valence-electron chi connectivity index (χ3n) is 5.34. The molecule has 0 spiro atoms. The van der Waals surface area contributed by atoms with Crippen LogP contribution < -0.4 is 4.74 Å². The highest BCUT2D eigenvalue weighted by molar-refractivity contribution is 6.04. The van der Waals surface area contributed by atoms with Crippen molar-refractivity contribution in [2.45, 2.75) is 18.9 Å². The highest BCUT2D eigenvalue weighted by Crippen LogP contribution is 2.22. The van der Waals surface area contributed by atoms with Gasteiger partial charge in [0.1, 0.15) is 6.10 Å². The summed E-state index contributed by atoms with van der Waals surface area (Å²) in [5, 5.41) is 12.1. The molecule has 0 saturated carbocycles. The molecule has 0 bridgehead atoms. The van der Waals surface area contributed by atoms with E-state index in [0.29, 0.717) is 24.8 Å². The Morgan fingerprint density at radius 3 is 2.60 bits per heavy atom. The summed E-state index contributed by atoms with van der Waals surface area (Å²) in [6.07, 6.45) is 8.59. The maximum atomic E-state index is 12.9. The summed E-state index contributed by atoms with van der Waals surface area (Å²) >= 11 is 0. The van der Waals surface area contributed by atoms with E-state index in [9.17, 15) is 4.79 Å². The van der Waals surface area contributed by atoms with Gasteiger partial charge in [0, 0.05) is 68.1 Å². The van der Waals surface area contributed by atoms with E-state index in [4.69, 9.17) is 4.74 Å². The smallest absolute Gasteiger partial charge is 0.316 e. The summed E-state index contributed by atoms with van der Waals surface area (Å²) in [7, 11) is 1.87. The number of piperidine rings is 1. The summed E-state index contributed by atoms with van der Waals surface area (Å²) in [6, 6.07) is 8.01. The van der Waals surface area contributed by atoms with Crippen molar-refractivity contribution in [2.75, 3.05) is 13.1 Å². The maximum absolute atomic E-state index is 12.9. The van der Waals surface area contributed by atoms with Crippen molar-refractivity contribution >= 4 is 16.8 Å². The molecule has 1 saturated heterocycles. The van der Waals surface area contributed by atoms with Crippen molar-refractivity contribution in [3.8, 4) is 17.1 Å². The molecule has 1 amide bonds. The number of hydrogen-bond acceptors (Lipinski definition) is 6. The minimum atomic E-state index is -0.0528. The number of nitrogens with one attached hydrogen (secondary N) is 1. The Hall–Kier alpha value is -3.75. The summed E-state index contributed by atoms with van der Waals surface area (Å²) in [5.41, 5.74) is 3.19. The van der Waals surface area contributed by atoms with Crippen LogP contribution in [-0.4, -0.2) is 59.9 Å². The van der Waals surface area contributed by atoms with E-state index in [1.165, 1.54) is 0 Å². The number of aromatic nitrogens is 6. The van der Waals surface area contributed by atoms with E-state index in [0.717, 1.165) is 34.9 Å². The van der Waals surface area contributed by atoms with Gasteiger partial charge in [-0.2, -0.15) is 10.2 Å². The topological polar surface area (TPSA) is 102 Å². The van der Waals surface area contributed by atoms with Gasteiger partial charge in [-0.25, -0.2) is 9.97 Å². The Labute approximate surface area is 172 Å². The fourth-order valence-electron chi connectivity index (χ4n) is 3.70. The zero-order chi connectivity index (χ0) is 20.5. The molecule has 30 heavy (non-hydrogen) atoms. The van der Waals surface area contributed by atoms with E-state index in [2.05, 4.69) is 25.3 Å². The van der Waals surface area contributed by atoms with Crippen molar-refractivity contribution in [3.63, 3.8) is 0 Å². The van der Waals surface area contributed by atoms with E-state index in [1.807, 2.05) is 42.4 Å². The van der Waals surface area contributed by atoms with Gasteiger partial charge in [-0.05, 0) is 6.07 Å². The van der Waals surface area contributed by atoms with Crippen LogP contribution >= 0.6 is 0 Å². The lowest BCUT2D eigenvalue weighted by atomic mass is 10.1. The van der Waals surface area contributed by atoms with Gasteiger partial charge >= 0.3 is 6.01 Å². The van der Waals surface area contributed by atoms with Gasteiger partial charge in [0.25, 0.3) is 5.91 Å². The molecule has 1 aliphatic heterocycles. The Morgan fingerprint density at radius 1 is 1.10 bits per heavy atom. The molecule has 0 aliphatic carbocycles. The molecule has 1 aliphatic rings. The van der Waals surface area contributed by atoms with E-state index in [1.54, 1.807) is 23.3 Å². The molecule has 4 heterocycles. The lowest BCUT2D eigenvalue weighted by Gasteiger charge is -2.31. The predicted octanol–water partition coefficient (Wildman–Crippen LogP) is 2.44. The zero-order valence-corrected chi connectivity index (χ0v) is 16.5. The zero-order valence-electron chi connectivity index (χ0n) is 16.5. The van der Waals surface area contributed by atoms with Gasteiger partial charge in [-0.1, -0.05) is 18.2 Å². The van der Waals surface area contributed by atoms with Crippen molar-refractivity contribution in [3.05, 3.63) is 54.7 Å². The van der Waals surface area contributed by atoms with Crippen LogP contribution in [0.1, 0.15) is 23.3 Å². The van der Waals surface area contributed by atoms with Crippen LogP contribution in [0, 0.1) is 0 Å². The Morgan fingerprint density at radius 2 is 1.87 bits per heavy atom. The first-order chi connectivity index (χ1) is 14.7. The Balaban J connectivity index is 1.19. The number of fused-ring (bicyclic) bond motifs is 1. The summed E-state index contributed by atoms with van der Waals surface area (Å²) in [4.78, 5) is 23.4. The maximum Gasteiger partial charge on any atom is 0.316 e. The van der Waals surface area contributed by atoms with Crippen molar-refractivity contribution < 1.29 is 9.53 Å². The number of ether oxygens (including phenoxy) is 1. The molecule has 152 valence electrons. The average Bonchev–Trinajstić information content (AvgIpc) is 3.41. The lowest BCUT2D eigenvalue weighted by Crippen LogP contribution is -2.42. The molecular formula is C21H21N7O2. The number of para-hydroxylation sites is 1. The van der Waals surface area contributed by atoms with E-state index < -0.39 is 0 Å². The van der Waals surface area contributed by atoms with Crippen LogP contribution in [0.15, 0.2) is 49.1 Å². The van der Waals surface area contributed by atoms with Crippen LogP contribution in [0.2, 0.25) is 0 Å². The van der Waals surface area contributed by atoms with Crippen LogP contribution in [0.3, 0.4) is 0 Å².